The second-order valence-electron chi connectivity index (χ2n) is 8.74. The van der Waals surface area contributed by atoms with E-state index in [0.29, 0.717) is 11.3 Å². The largest absolute Gasteiger partial charge is 0.348 e. The molecule has 7 nitrogen and oxygen atoms in total. The Morgan fingerprint density at radius 1 is 1.09 bits per heavy atom. The molecule has 2 aromatic carbocycles. The number of amides is 2. The lowest BCUT2D eigenvalue weighted by Gasteiger charge is -2.26. The maximum Gasteiger partial charge on any atom is 0.275 e. The van der Waals surface area contributed by atoms with Gasteiger partial charge in [0, 0.05) is 0 Å². The molecule has 35 heavy (non-hydrogen) atoms. The van der Waals surface area contributed by atoms with Gasteiger partial charge in [0.15, 0.2) is 0 Å². The standard InChI is InChI=1S/C27H29FN4O3/c1-17(29-2)26(34)31-23-14-15-24(19-10-12-20(28)13-11-19)32(27(23)35)16-25(33)30-22-9-5-7-18-6-3-4-8-21(18)22/h3-4,6,8,10-15,17,22,29H,5,7,9,16H2,1-2H3,(H,30,33)(H,31,34). The monoisotopic (exact) mass is 476 g/mol. The highest BCUT2D eigenvalue weighted by molar-refractivity contribution is 5.94. The Kier molecular flexibility index (Phi) is 7.41. The van der Waals surface area contributed by atoms with Gasteiger partial charge >= 0.3 is 0 Å². The first kappa shape index (κ1) is 24.3. The van der Waals surface area contributed by atoms with E-state index < -0.39 is 17.4 Å². The second-order valence-corrected chi connectivity index (χ2v) is 8.74. The first-order valence-electron chi connectivity index (χ1n) is 11.7. The maximum atomic E-state index is 13.5. The van der Waals surface area contributed by atoms with Gasteiger partial charge in [0.05, 0.1) is 17.8 Å². The molecule has 3 aromatic rings. The van der Waals surface area contributed by atoms with Crippen LogP contribution in [0.3, 0.4) is 0 Å². The Bertz CT molecular complexity index is 1290. The number of anilines is 1. The number of carbonyl (C=O) groups is 2. The summed E-state index contributed by atoms with van der Waals surface area (Å²) in [6, 6.07) is 16.3. The van der Waals surface area contributed by atoms with Crippen molar-refractivity contribution in [3.8, 4) is 11.3 Å². The van der Waals surface area contributed by atoms with Crippen molar-refractivity contribution in [3.63, 3.8) is 0 Å². The molecule has 0 radical (unpaired) electrons. The quantitative estimate of drug-likeness (QED) is 0.488. The van der Waals surface area contributed by atoms with E-state index in [9.17, 15) is 18.8 Å². The van der Waals surface area contributed by atoms with Crippen molar-refractivity contribution in [1.29, 1.82) is 0 Å². The number of carbonyl (C=O) groups excluding carboxylic acids is 2. The Labute approximate surface area is 203 Å². The van der Waals surface area contributed by atoms with Gasteiger partial charge in [-0.2, -0.15) is 0 Å². The molecule has 3 N–H and O–H groups in total. The van der Waals surface area contributed by atoms with Gasteiger partial charge in [-0.3, -0.25) is 19.0 Å². The zero-order chi connectivity index (χ0) is 24.9. The summed E-state index contributed by atoms with van der Waals surface area (Å²) in [6.45, 7) is 1.44. The van der Waals surface area contributed by atoms with Gasteiger partial charge in [-0.15, -0.1) is 0 Å². The third-order valence-corrected chi connectivity index (χ3v) is 6.40. The minimum atomic E-state index is -0.511. The van der Waals surface area contributed by atoms with Crippen LogP contribution < -0.4 is 21.5 Å². The predicted octanol–water partition coefficient (Wildman–Crippen LogP) is 3.39. The number of pyridine rings is 1. The summed E-state index contributed by atoms with van der Waals surface area (Å²) in [5.41, 5.74) is 2.91. The summed E-state index contributed by atoms with van der Waals surface area (Å²) < 4.78 is 14.8. The number of halogens is 1. The van der Waals surface area contributed by atoms with Crippen molar-refractivity contribution in [2.75, 3.05) is 12.4 Å². The molecule has 4 rings (SSSR count). The molecule has 0 spiro atoms. The van der Waals surface area contributed by atoms with Crippen LogP contribution in [0.1, 0.15) is 36.9 Å². The van der Waals surface area contributed by atoms with Crippen LogP contribution in [0.15, 0.2) is 65.5 Å². The predicted molar refractivity (Wildman–Crippen MR) is 134 cm³/mol. The van der Waals surface area contributed by atoms with Gasteiger partial charge in [-0.05, 0) is 86.3 Å². The molecule has 182 valence electrons. The van der Waals surface area contributed by atoms with E-state index in [4.69, 9.17) is 0 Å². The van der Waals surface area contributed by atoms with Crippen LogP contribution in [0.4, 0.5) is 10.1 Å². The molecular formula is C27H29FN4O3. The highest BCUT2D eigenvalue weighted by Gasteiger charge is 2.23. The van der Waals surface area contributed by atoms with E-state index >= 15 is 0 Å². The molecule has 1 aromatic heterocycles. The molecule has 2 amide bonds. The van der Waals surface area contributed by atoms with Gasteiger partial charge < -0.3 is 16.0 Å². The van der Waals surface area contributed by atoms with Crippen molar-refractivity contribution >= 4 is 17.5 Å². The third kappa shape index (κ3) is 5.49. The number of aromatic nitrogens is 1. The van der Waals surface area contributed by atoms with Crippen LogP contribution in [-0.4, -0.2) is 29.5 Å². The van der Waals surface area contributed by atoms with Crippen LogP contribution >= 0.6 is 0 Å². The molecule has 2 unspecified atom stereocenters. The number of hydrogen-bond acceptors (Lipinski definition) is 4. The SMILES string of the molecule is CNC(C)C(=O)Nc1ccc(-c2ccc(F)cc2)n(CC(=O)NC2CCCc3ccccc32)c1=O. The van der Waals surface area contributed by atoms with Gasteiger partial charge in [0.25, 0.3) is 5.56 Å². The Hall–Kier alpha value is -3.78. The number of hydrogen-bond donors (Lipinski definition) is 3. The smallest absolute Gasteiger partial charge is 0.275 e. The number of rotatable bonds is 7. The van der Waals surface area contributed by atoms with E-state index in [1.54, 1.807) is 32.2 Å². The maximum absolute atomic E-state index is 13.5. The minimum Gasteiger partial charge on any atom is -0.348 e. The fourth-order valence-electron chi connectivity index (χ4n) is 4.36. The van der Waals surface area contributed by atoms with Crippen LogP contribution in [-0.2, 0) is 22.6 Å². The van der Waals surface area contributed by atoms with E-state index in [1.807, 2.05) is 18.2 Å². The summed E-state index contributed by atoms with van der Waals surface area (Å²) in [5.74, 6) is -1.08. The lowest BCUT2D eigenvalue weighted by Crippen LogP contribution is -2.39. The Morgan fingerprint density at radius 2 is 1.83 bits per heavy atom. The number of fused-ring (bicyclic) bond motifs is 1. The first-order valence-corrected chi connectivity index (χ1v) is 11.7. The fraction of sp³-hybridized carbons (Fsp3) is 0.296. The van der Waals surface area contributed by atoms with Crippen molar-refractivity contribution in [3.05, 3.63) is 88.0 Å². The summed E-state index contributed by atoms with van der Waals surface area (Å²) in [4.78, 5) is 38.9. The van der Waals surface area contributed by atoms with Gasteiger partial charge in [-0.1, -0.05) is 24.3 Å². The van der Waals surface area contributed by atoms with Gasteiger partial charge in [0.2, 0.25) is 11.8 Å². The Morgan fingerprint density at radius 3 is 2.57 bits per heavy atom. The molecule has 2 atom stereocenters. The number of benzene rings is 2. The molecule has 8 heteroatoms. The second kappa shape index (κ2) is 10.7. The molecule has 0 fully saturated rings. The topological polar surface area (TPSA) is 92.2 Å². The lowest BCUT2D eigenvalue weighted by molar-refractivity contribution is -0.122. The average Bonchev–Trinajstić information content (AvgIpc) is 2.87. The van der Waals surface area contributed by atoms with Crippen molar-refractivity contribution in [1.82, 2.24) is 15.2 Å². The van der Waals surface area contributed by atoms with E-state index in [-0.39, 0.29) is 30.1 Å². The van der Waals surface area contributed by atoms with Crippen LogP contribution in [0.25, 0.3) is 11.3 Å². The third-order valence-electron chi connectivity index (χ3n) is 6.40. The lowest BCUT2D eigenvalue weighted by atomic mass is 9.88. The van der Waals surface area contributed by atoms with Gasteiger partial charge in [-0.25, -0.2) is 4.39 Å². The van der Waals surface area contributed by atoms with Crippen LogP contribution in [0, 0.1) is 5.82 Å². The van der Waals surface area contributed by atoms with Crippen LogP contribution in [0.5, 0.6) is 0 Å². The molecular weight excluding hydrogens is 447 g/mol. The zero-order valence-electron chi connectivity index (χ0n) is 19.8. The minimum absolute atomic E-state index is 0.0683. The first-order chi connectivity index (χ1) is 16.9. The number of aryl methyl sites for hydroxylation is 1. The normalized spacial score (nSPS) is 15.7. The molecule has 1 heterocycles. The summed E-state index contributed by atoms with van der Waals surface area (Å²) >= 11 is 0. The summed E-state index contributed by atoms with van der Waals surface area (Å²) in [5, 5.41) is 8.53. The number of nitrogens with one attached hydrogen (secondary N) is 3. The Balaban J connectivity index is 1.65. The zero-order valence-corrected chi connectivity index (χ0v) is 19.8. The number of nitrogens with zero attached hydrogens (tertiary/aromatic N) is 1. The van der Waals surface area contributed by atoms with E-state index in [2.05, 4.69) is 22.0 Å². The fourth-order valence-corrected chi connectivity index (χ4v) is 4.36. The molecule has 0 saturated carbocycles. The summed E-state index contributed by atoms with van der Waals surface area (Å²) in [6.07, 6.45) is 2.76. The van der Waals surface area contributed by atoms with Crippen molar-refractivity contribution in [2.24, 2.45) is 0 Å². The number of likely N-dealkylation sites (N-methyl/N-ethyl adjacent to an activating group) is 1. The molecule has 0 bridgehead atoms. The van der Waals surface area contributed by atoms with E-state index in [0.717, 1.165) is 24.8 Å². The summed E-state index contributed by atoms with van der Waals surface area (Å²) in [7, 11) is 1.65. The van der Waals surface area contributed by atoms with Gasteiger partial charge in [0.1, 0.15) is 18.0 Å². The molecule has 1 aliphatic rings. The molecule has 0 aliphatic heterocycles. The highest BCUT2D eigenvalue weighted by atomic mass is 19.1. The van der Waals surface area contributed by atoms with Crippen molar-refractivity contribution in [2.45, 2.75) is 44.8 Å². The van der Waals surface area contributed by atoms with E-state index in [1.165, 1.54) is 28.3 Å². The molecule has 1 aliphatic carbocycles. The van der Waals surface area contributed by atoms with Crippen molar-refractivity contribution < 1.29 is 14.0 Å². The van der Waals surface area contributed by atoms with Crippen LogP contribution in [0.2, 0.25) is 0 Å². The highest BCUT2D eigenvalue weighted by Crippen LogP contribution is 2.29. The average molecular weight is 477 g/mol. The molecule has 0 saturated heterocycles.